The highest BCUT2D eigenvalue weighted by Crippen LogP contribution is 2.32. The minimum absolute atomic E-state index is 0.0664. The summed E-state index contributed by atoms with van der Waals surface area (Å²) in [6.07, 6.45) is 1.51. The summed E-state index contributed by atoms with van der Waals surface area (Å²) in [6.45, 7) is 7.74. The molecular formula is C26H31N3O3. The Labute approximate surface area is 189 Å². The van der Waals surface area contributed by atoms with E-state index in [0.29, 0.717) is 24.4 Å². The van der Waals surface area contributed by atoms with Gasteiger partial charge in [0.25, 0.3) is 5.91 Å². The number of furan rings is 1. The molecule has 1 aliphatic rings. The monoisotopic (exact) mass is 433 g/mol. The van der Waals surface area contributed by atoms with Crippen LogP contribution in [0, 0.1) is 5.92 Å². The van der Waals surface area contributed by atoms with Gasteiger partial charge >= 0.3 is 0 Å². The molecular weight excluding hydrogens is 402 g/mol. The van der Waals surface area contributed by atoms with Gasteiger partial charge in [0, 0.05) is 44.0 Å². The van der Waals surface area contributed by atoms with Gasteiger partial charge in [-0.1, -0.05) is 56.3 Å². The molecule has 2 aromatic carbocycles. The Bertz CT molecular complexity index is 1060. The van der Waals surface area contributed by atoms with Gasteiger partial charge in [0.1, 0.15) is 11.3 Å². The molecule has 2 amide bonds. The number of carbonyl (C=O) groups is 2. The van der Waals surface area contributed by atoms with Crippen LogP contribution in [-0.2, 0) is 11.3 Å². The lowest BCUT2D eigenvalue weighted by molar-refractivity contribution is -0.120. The molecule has 168 valence electrons. The Morgan fingerprint density at radius 2 is 1.59 bits per heavy atom. The van der Waals surface area contributed by atoms with Crippen LogP contribution in [0.25, 0.3) is 11.0 Å². The van der Waals surface area contributed by atoms with Crippen LogP contribution in [0.5, 0.6) is 0 Å². The second-order valence-corrected chi connectivity index (χ2v) is 8.36. The number of hydrogen-bond acceptors (Lipinski definition) is 4. The number of amides is 2. The van der Waals surface area contributed by atoms with Crippen molar-refractivity contribution in [2.24, 2.45) is 5.92 Å². The van der Waals surface area contributed by atoms with Crippen molar-refractivity contribution >= 4 is 28.5 Å². The van der Waals surface area contributed by atoms with Gasteiger partial charge in [-0.25, -0.2) is 0 Å². The van der Waals surface area contributed by atoms with Gasteiger partial charge in [-0.05, 0) is 30.5 Å². The fraction of sp³-hybridized carbons (Fsp3) is 0.385. The van der Waals surface area contributed by atoms with E-state index in [2.05, 4.69) is 22.3 Å². The Morgan fingerprint density at radius 1 is 0.938 bits per heavy atom. The van der Waals surface area contributed by atoms with E-state index in [-0.39, 0.29) is 23.5 Å². The molecule has 0 atom stereocenters. The Balaban J connectivity index is 1.50. The first-order valence-corrected chi connectivity index (χ1v) is 11.5. The zero-order valence-corrected chi connectivity index (χ0v) is 18.8. The summed E-state index contributed by atoms with van der Waals surface area (Å²) in [6, 6.07) is 17.8. The van der Waals surface area contributed by atoms with E-state index in [1.807, 2.05) is 61.2 Å². The van der Waals surface area contributed by atoms with Crippen LogP contribution in [0.1, 0.15) is 42.8 Å². The van der Waals surface area contributed by atoms with Gasteiger partial charge < -0.3 is 14.6 Å². The number of carbonyl (C=O) groups excluding carboxylic acids is 2. The Morgan fingerprint density at radius 3 is 2.28 bits per heavy atom. The molecule has 0 aliphatic carbocycles. The van der Waals surface area contributed by atoms with Crippen LogP contribution in [0.4, 0.5) is 5.69 Å². The van der Waals surface area contributed by atoms with Crippen LogP contribution in [0.2, 0.25) is 0 Å². The number of fused-ring (bicyclic) bond motifs is 1. The highest BCUT2D eigenvalue weighted by molar-refractivity contribution is 6.11. The number of hydrogen-bond donors (Lipinski definition) is 1. The van der Waals surface area contributed by atoms with E-state index < -0.39 is 0 Å². The predicted molar refractivity (Wildman–Crippen MR) is 127 cm³/mol. The number of para-hydroxylation sites is 1. The average Bonchev–Trinajstić information content (AvgIpc) is 3.19. The van der Waals surface area contributed by atoms with Gasteiger partial charge in [0.05, 0.1) is 0 Å². The Hall–Kier alpha value is -3.12. The third kappa shape index (κ3) is 4.70. The normalized spacial score (nSPS) is 14.8. The highest BCUT2D eigenvalue weighted by Gasteiger charge is 2.29. The third-order valence-electron chi connectivity index (χ3n) is 6.30. The van der Waals surface area contributed by atoms with Crippen molar-refractivity contribution in [3.05, 3.63) is 65.9 Å². The molecule has 0 saturated carbocycles. The molecule has 1 aliphatic heterocycles. The SMILES string of the molecule is CCC(CC)C(=O)Nc1c(C(=O)N2CCN(Cc3ccccc3)CC2)oc2ccccc12. The largest absolute Gasteiger partial charge is 0.449 e. The molecule has 1 N–H and O–H groups in total. The van der Waals surface area contributed by atoms with Gasteiger partial charge in [-0.3, -0.25) is 14.5 Å². The number of nitrogens with zero attached hydrogens (tertiary/aromatic N) is 2. The molecule has 3 aromatic rings. The summed E-state index contributed by atoms with van der Waals surface area (Å²) in [5.74, 6) is -0.0983. The number of nitrogens with one attached hydrogen (secondary N) is 1. The molecule has 0 spiro atoms. The third-order valence-corrected chi connectivity index (χ3v) is 6.30. The van der Waals surface area contributed by atoms with Crippen molar-refractivity contribution in [3.63, 3.8) is 0 Å². The molecule has 1 fully saturated rings. The van der Waals surface area contributed by atoms with Crippen LogP contribution in [0.15, 0.2) is 59.0 Å². The van der Waals surface area contributed by atoms with Crippen molar-refractivity contribution in [3.8, 4) is 0 Å². The quantitative estimate of drug-likeness (QED) is 0.583. The van der Waals surface area contributed by atoms with Crippen LogP contribution in [0.3, 0.4) is 0 Å². The number of anilines is 1. The van der Waals surface area contributed by atoms with Crippen molar-refractivity contribution in [2.45, 2.75) is 33.2 Å². The fourth-order valence-electron chi connectivity index (χ4n) is 4.30. The van der Waals surface area contributed by atoms with E-state index in [4.69, 9.17) is 4.42 Å². The lowest BCUT2D eigenvalue weighted by Gasteiger charge is -2.34. The van der Waals surface area contributed by atoms with Crippen LogP contribution in [-0.4, -0.2) is 47.8 Å². The predicted octanol–water partition coefficient (Wildman–Crippen LogP) is 4.77. The summed E-state index contributed by atoms with van der Waals surface area (Å²) in [5.41, 5.74) is 2.38. The molecule has 1 saturated heterocycles. The van der Waals surface area contributed by atoms with E-state index in [9.17, 15) is 9.59 Å². The fourth-order valence-corrected chi connectivity index (χ4v) is 4.30. The van der Waals surface area contributed by atoms with Crippen molar-refractivity contribution in [2.75, 3.05) is 31.5 Å². The van der Waals surface area contributed by atoms with Crippen molar-refractivity contribution < 1.29 is 14.0 Å². The smallest absolute Gasteiger partial charge is 0.291 e. The molecule has 0 bridgehead atoms. The maximum absolute atomic E-state index is 13.4. The maximum Gasteiger partial charge on any atom is 0.291 e. The van der Waals surface area contributed by atoms with Gasteiger partial charge in [0.2, 0.25) is 11.7 Å². The summed E-state index contributed by atoms with van der Waals surface area (Å²) >= 11 is 0. The molecule has 0 unspecified atom stereocenters. The molecule has 6 heteroatoms. The average molecular weight is 434 g/mol. The van der Waals surface area contributed by atoms with E-state index in [1.165, 1.54) is 5.56 Å². The van der Waals surface area contributed by atoms with Gasteiger partial charge in [-0.2, -0.15) is 0 Å². The number of rotatable bonds is 7. The molecule has 0 radical (unpaired) electrons. The standard InChI is InChI=1S/C26H31N3O3/c1-3-20(4-2)25(30)27-23-21-12-8-9-13-22(21)32-24(23)26(31)29-16-14-28(15-17-29)18-19-10-6-5-7-11-19/h5-13,20H,3-4,14-18H2,1-2H3,(H,27,30). The first-order valence-electron chi connectivity index (χ1n) is 11.5. The molecule has 4 rings (SSSR count). The topological polar surface area (TPSA) is 65.8 Å². The van der Waals surface area contributed by atoms with E-state index >= 15 is 0 Å². The zero-order valence-electron chi connectivity index (χ0n) is 18.8. The second kappa shape index (κ2) is 10.0. The maximum atomic E-state index is 13.4. The summed E-state index contributed by atoms with van der Waals surface area (Å²) < 4.78 is 5.97. The minimum Gasteiger partial charge on any atom is -0.449 e. The molecule has 6 nitrogen and oxygen atoms in total. The summed E-state index contributed by atoms with van der Waals surface area (Å²) in [7, 11) is 0. The first-order chi connectivity index (χ1) is 15.6. The summed E-state index contributed by atoms with van der Waals surface area (Å²) in [4.78, 5) is 30.4. The van der Waals surface area contributed by atoms with Crippen LogP contribution < -0.4 is 5.32 Å². The van der Waals surface area contributed by atoms with E-state index in [1.54, 1.807) is 0 Å². The molecule has 2 heterocycles. The number of piperazine rings is 1. The number of benzene rings is 2. The van der Waals surface area contributed by atoms with Crippen LogP contribution >= 0.6 is 0 Å². The molecule has 32 heavy (non-hydrogen) atoms. The zero-order chi connectivity index (χ0) is 22.5. The lowest BCUT2D eigenvalue weighted by Crippen LogP contribution is -2.48. The minimum atomic E-state index is -0.166. The summed E-state index contributed by atoms with van der Waals surface area (Å²) in [5, 5.41) is 3.77. The van der Waals surface area contributed by atoms with E-state index in [0.717, 1.165) is 37.9 Å². The molecule has 1 aromatic heterocycles. The van der Waals surface area contributed by atoms with Gasteiger partial charge in [0.15, 0.2) is 0 Å². The Kier molecular flexibility index (Phi) is 6.90. The second-order valence-electron chi connectivity index (χ2n) is 8.36. The first kappa shape index (κ1) is 22.1. The highest BCUT2D eigenvalue weighted by atomic mass is 16.3. The van der Waals surface area contributed by atoms with Crippen molar-refractivity contribution in [1.29, 1.82) is 0 Å². The van der Waals surface area contributed by atoms with Crippen molar-refractivity contribution in [1.82, 2.24) is 9.80 Å². The lowest BCUT2D eigenvalue weighted by atomic mass is 10.0. The van der Waals surface area contributed by atoms with Gasteiger partial charge in [-0.15, -0.1) is 0 Å².